The van der Waals surface area contributed by atoms with Crippen molar-refractivity contribution in [3.05, 3.63) is 59.4 Å². The molecule has 0 spiro atoms. The third-order valence-electron chi connectivity index (χ3n) is 4.13. The van der Waals surface area contributed by atoms with Crippen LogP contribution in [-0.4, -0.2) is 22.5 Å². The van der Waals surface area contributed by atoms with Gasteiger partial charge in [0.05, 0.1) is 12.3 Å². The minimum atomic E-state index is -0.379. The largest absolute Gasteiger partial charge is 0.462 e. The summed E-state index contributed by atoms with van der Waals surface area (Å²) in [6.45, 7) is 6.38. The van der Waals surface area contributed by atoms with Crippen LogP contribution in [0.25, 0.3) is 11.0 Å². The van der Waals surface area contributed by atoms with E-state index in [0.29, 0.717) is 23.5 Å². The number of aryl methyl sites for hydroxylation is 2. The van der Waals surface area contributed by atoms with E-state index in [0.717, 1.165) is 29.6 Å². The van der Waals surface area contributed by atoms with Crippen molar-refractivity contribution in [1.82, 2.24) is 9.97 Å². The quantitative estimate of drug-likeness (QED) is 0.588. The minimum Gasteiger partial charge on any atom is -0.462 e. The molecule has 142 valence electrons. The van der Waals surface area contributed by atoms with E-state index in [4.69, 9.17) is 4.74 Å². The van der Waals surface area contributed by atoms with Crippen molar-refractivity contribution in [3.63, 3.8) is 0 Å². The Balaban J connectivity index is 0.00000261. The first kappa shape index (κ1) is 20.6. The summed E-state index contributed by atoms with van der Waals surface area (Å²) in [5.74, 6) is -0.379. The Morgan fingerprint density at radius 3 is 2.74 bits per heavy atom. The summed E-state index contributed by atoms with van der Waals surface area (Å²) in [7, 11) is 0. The average Bonchev–Trinajstić information content (AvgIpc) is 2.66. The zero-order valence-corrected chi connectivity index (χ0v) is 16.6. The molecule has 5 nitrogen and oxygen atoms in total. The molecule has 2 aromatic heterocycles. The van der Waals surface area contributed by atoms with Gasteiger partial charge in [0, 0.05) is 23.0 Å². The molecule has 0 unspecified atom stereocenters. The first-order chi connectivity index (χ1) is 12.6. The van der Waals surface area contributed by atoms with Gasteiger partial charge in [-0.3, -0.25) is 0 Å². The summed E-state index contributed by atoms with van der Waals surface area (Å²) in [5.41, 5.74) is 4.71. The van der Waals surface area contributed by atoms with Crippen molar-refractivity contribution in [2.45, 2.75) is 33.6 Å². The number of ether oxygens (including phenoxy) is 1. The third-order valence-corrected chi connectivity index (χ3v) is 4.13. The second kappa shape index (κ2) is 9.33. The molecule has 0 aliphatic carbocycles. The molecule has 0 saturated carbocycles. The van der Waals surface area contributed by atoms with Gasteiger partial charge in [-0.15, -0.1) is 12.4 Å². The molecule has 0 atom stereocenters. The Hall–Kier alpha value is -2.66. The summed E-state index contributed by atoms with van der Waals surface area (Å²) in [6, 6.07) is 12.0. The summed E-state index contributed by atoms with van der Waals surface area (Å²) in [4.78, 5) is 21.4. The lowest BCUT2D eigenvalue weighted by Gasteiger charge is -2.15. The maximum atomic E-state index is 12.5. The molecule has 27 heavy (non-hydrogen) atoms. The van der Waals surface area contributed by atoms with Gasteiger partial charge in [0.25, 0.3) is 0 Å². The number of benzene rings is 1. The highest BCUT2D eigenvalue weighted by atomic mass is 35.5. The maximum absolute atomic E-state index is 12.5. The van der Waals surface area contributed by atoms with Gasteiger partial charge < -0.3 is 10.1 Å². The predicted molar refractivity (Wildman–Crippen MR) is 111 cm³/mol. The number of anilines is 2. The Morgan fingerprint density at radius 1 is 1.19 bits per heavy atom. The number of pyridine rings is 2. The zero-order chi connectivity index (χ0) is 18.5. The van der Waals surface area contributed by atoms with E-state index in [1.807, 2.05) is 38.1 Å². The first-order valence-corrected chi connectivity index (χ1v) is 8.91. The molecule has 0 aliphatic heterocycles. The maximum Gasteiger partial charge on any atom is 0.341 e. The number of fused-ring (bicyclic) bond motifs is 1. The van der Waals surface area contributed by atoms with Crippen molar-refractivity contribution in [1.29, 1.82) is 0 Å². The van der Waals surface area contributed by atoms with E-state index in [1.165, 1.54) is 5.56 Å². The van der Waals surface area contributed by atoms with E-state index in [1.54, 1.807) is 6.20 Å². The molecule has 0 bridgehead atoms. The van der Waals surface area contributed by atoms with Gasteiger partial charge in [-0.25, -0.2) is 14.8 Å². The Morgan fingerprint density at radius 2 is 2.00 bits per heavy atom. The fourth-order valence-electron chi connectivity index (χ4n) is 2.75. The molecule has 0 fully saturated rings. The SMILES string of the molecule is CCCOC(=O)c1cnc2nc(C)ccc2c1Nc1cccc(CC)c1.Cl. The van der Waals surface area contributed by atoms with Crippen LogP contribution in [0.5, 0.6) is 0 Å². The number of carbonyl (C=O) groups is 1. The van der Waals surface area contributed by atoms with Gasteiger partial charge in [0.2, 0.25) is 0 Å². The number of aromatic nitrogens is 2. The monoisotopic (exact) mass is 385 g/mol. The molecule has 3 aromatic rings. The molecule has 0 aliphatic rings. The van der Waals surface area contributed by atoms with Crippen LogP contribution in [0, 0.1) is 6.92 Å². The summed E-state index contributed by atoms with van der Waals surface area (Å²) in [6.07, 6.45) is 3.26. The third kappa shape index (κ3) is 4.74. The molecule has 6 heteroatoms. The Kier molecular flexibility index (Phi) is 7.13. The first-order valence-electron chi connectivity index (χ1n) is 8.91. The van der Waals surface area contributed by atoms with Gasteiger partial charge in [0.1, 0.15) is 5.56 Å². The van der Waals surface area contributed by atoms with Crippen LogP contribution in [0.2, 0.25) is 0 Å². The van der Waals surface area contributed by atoms with Crippen LogP contribution in [0.3, 0.4) is 0 Å². The van der Waals surface area contributed by atoms with Gasteiger partial charge in [-0.2, -0.15) is 0 Å². The number of hydrogen-bond donors (Lipinski definition) is 1. The summed E-state index contributed by atoms with van der Waals surface area (Å²) < 4.78 is 5.33. The van der Waals surface area contributed by atoms with Gasteiger partial charge in [-0.05, 0) is 49.6 Å². The summed E-state index contributed by atoms with van der Waals surface area (Å²) in [5, 5.41) is 4.18. The van der Waals surface area contributed by atoms with Gasteiger partial charge in [0.15, 0.2) is 5.65 Å². The number of nitrogens with one attached hydrogen (secondary N) is 1. The van der Waals surface area contributed by atoms with Crippen LogP contribution in [0.1, 0.15) is 41.9 Å². The molecule has 1 N–H and O–H groups in total. The Bertz CT molecular complexity index is 944. The van der Waals surface area contributed by atoms with Gasteiger partial charge >= 0.3 is 5.97 Å². The lowest BCUT2D eigenvalue weighted by molar-refractivity contribution is 0.0506. The molecule has 1 aromatic carbocycles. The molecule has 0 amide bonds. The number of nitrogens with zero attached hydrogens (tertiary/aromatic N) is 2. The predicted octanol–water partition coefficient (Wildman–Crippen LogP) is 5.23. The number of esters is 1. The van der Waals surface area contributed by atoms with Crippen LogP contribution >= 0.6 is 12.4 Å². The number of halogens is 1. The smallest absolute Gasteiger partial charge is 0.341 e. The molecular formula is C21H24ClN3O2. The highest BCUT2D eigenvalue weighted by molar-refractivity contribution is 6.05. The van der Waals surface area contributed by atoms with Crippen LogP contribution in [0.4, 0.5) is 11.4 Å². The van der Waals surface area contributed by atoms with Crippen LogP contribution < -0.4 is 5.32 Å². The Labute approximate surface area is 165 Å². The fraction of sp³-hybridized carbons (Fsp3) is 0.286. The highest BCUT2D eigenvalue weighted by Gasteiger charge is 2.18. The zero-order valence-electron chi connectivity index (χ0n) is 15.8. The van der Waals surface area contributed by atoms with Crippen molar-refractivity contribution >= 4 is 40.8 Å². The summed E-state index contributed by atoms with van der Waals surface area (Å²) >= 11 is 0. The standard InChI is InChI=1S/C21H23N3O2.ClH/c1-4-11-26-21(25)18-13-22-20-17(10-9-14(3)23-20)19(18)24-16-8-6-7-15(5-2)12-16;/h6-10,12-13H,4-5,11H2,1-3H3,(H,22,23,24);1H. The molecule has 2 heterocycles. The van der Waals surface area contributed by atoms with E-state index >= 15 is 0 Å². The molecule has 0 saturated heterocycles. The second-order valence-corrected chi connectivity index (χ2v) is 6.19. The van der Waals surface area contributed by atoms with Gasteiger partial charge in [-0.1, -0.05) is 26.0 Å². The number of rotatable bonds is 6. The molecule has 0 radical (unpaired) electrons. The fourth-order valence-corrected chi connectivity index (χ4v) is 2.75. The minimum absolute atomic E-state index is 0. The molecular weight excluding hydrogens is 362 g/mol. The molecule has 3 rings (SSSR count). The van der Waals surface area contributed by atoms with Crippen molar-refractivity contribution in [3.8, 4) is 0 Å². The van der Waals surface area contributed by atoms with E-state index in [9.17, 15) is 4.79 Å². The van der Waals surface area contributed by atoms with Crippen LogP contribution in [-0.2, 0) is 11.2 Å². The van der Waals surface area contributed by atoms with E-state index < -0.39 is 0 Å². The van der Waals surface area contributed by atoms with Crippen molar-refractivity contribution in [2.24, 2.45) is 0 Å². The highest BCUT2D eigenvalue weighted by Crippen LogP contribution is 2.29. The topological polar surface area (TPSA) is 64.1 Å². The lowest BCUT2D eigenvalue weighted by atomic mass is 10.1. The average molecular weight is 386 g/mol. The van der Waals surface area contributed by atoms with Crippen molar-refractivity contribution < 1.29 is 9.53 Å². The second-order valence-electron chi connectivity index (χ2n) is 6.19. The van der Waals surface area contributed by atoms with Crippen molar-refractivity contribution in [2.75, 3.05) is 11.9 Å². The van der Waals surface area contributed by atoms with E-state index in [2.05, 4.69) is 34.3 Å². The number of hydrogen-bond acceptors (Lipinski definition) is 5. The normalized spacial score (nSPS) is 10.3. The van der Waals surface area contributed by atoms with E-state index in [-0.39, 0.29) is 18.4 Å². The van der Waals surface area contributed by atoms with Crippen LogP contribution in [0.15, 0.2) is 42.6 Å². The number of carbonyl (C=O) groups excluding carboxylic acids is 1. The lowest BCUT2D eigenvalue weighted by Crippen LogP contribution is -2.10.